The van der Waals surface area contributed by atoms with Crippen molar-refractivity contribution in [3.63, 3.8) is 0 Å². The number of nitrogens with zero attached hydrogens (tertiary/aromatic N) is 1. The molecule has 0 saturated heterocycles. The zero-order chi connectivity index (χ0) is 23.9. The highest BCUT2D eigenvalue weighted by molar-refractivity contribution is 7.87. The second-order valence-electron chi connectivity index (χ2n) is 7.18. The number of benzene rings is 3. The molecule has 0 aliphatic heterocycles. The monoisotopic (exact) mass is 483 g/mol. The van der Waals surface area contributed by atoms with Crippen LogP contribution >= 0.6 is 11.6 Å². The van der Waals surface area contributed by atoms with Gasteiger partial charge in [-0.3, -0.25) is 19.7 Å². The summed E-state index contributed by atoms with van der Waals surface area (Å²) < 4.78 is 30.7. The van der Waals surface area contributed by atoms with E-state index in [9.17, 15) is 28.1 Å². The van der Waals surface area contributed by atoms with Crippen LogP contribution in [0.4, 0.5) is 5.69 Å². The van der Waals surface area contributed by atoms with Crippen LogP contribution in [0, 0.1) is 17.0 Å². The van der Waals surface area contributed by atoms with Gasteiger partial charge in [-0.25, -0.2) is 0 Å². The molecule has 33 heavy (non-hydrogen) atoms. The molecule has 0 radical (unpaired) electrons. The average Bonchev–Trinajstić information content (AvgIpc) is 2.78. The van der Waals surface area contributed by atoms with E-state index >= 15 is 0 Å². The van der Waals surface area contributed by atoms with Gasteiger partial charge >= 0.3 is 10.1 Å². The number of hydrogen-bond acceptors (Lipinski definition) is 7. The van der Waals surface area contributed by atoms with Crippen molar-refractivity contribution in [3.8, 4) is 5.75 Å². The van der Waals surface area contributed by atoms with Crippen LogP contribution in [0.3, 0.4) is 0 Å². The number of rotatable bonds is 5. The molecule has 0 bridgehead atoms. The van der Waals surface area contributed by atoms with Crippen LogP contribution in [-0.2, 0) is 10.1 Å². The number of ketones is 2. The van der Waals surface area contributed by atoms with Crippen molar-refractivity contribution in [1.82, 2.24) is 0 Å². The number of halogens is 1. The third-order valence-corrected chi connectivity index (χ3v) is 6.63. The topological polar surface area (TPSA) is 121 Å². The lowest BCUT2D eigenvalue weighted by Crippen LogP contribution is -2.21. The molecule has 0 N–H and O–H groups in total. The standard InChI is InChI=1S/C23H14ClNO7S/c1-13-5-11-16(12-6-13)33(30,31)32-18-4-2-3-17-20(18)23(27)21(24)19(22(17)26)14-7-9-15(10-8-14)25(28)29/h2-12H,1H3. The maximum Gasteiger partial charge on any atom is 0.339 e. The van der Waals surface area contributed by atoms with E-state index in [0.717, 1.165) is 5.56 Å². The van der Waals surface area contributed by atoms with E-state index in [-0.39, 0.29) is 38.6 Å². The second kappa shape index (κ2) is 8.27. The Hall–Kier alpha value is -3.82. The summed E-state index contributed by atoms with van der Waals surface area (Å²) in [6.45, 7) is 1.80. The number of hydrogen-bond donors (Lipinski definition) is 0. The van der Waals surface area contributed by atoms with Crippen molar-refractivity contribution in [3.05, 3.63) is 104 Å². The number of non-ortho nitro benzene ring substituents is 1. The van der Waals surface area contributed by atoms with Gasteiger partial charge in [-0.1, -0.05) is 41.4 Å². The SMILES string of the molecule is Cc1ccc(S(=O)(=O)Oc2cccc3c2C(=O)C(Cl)=C(c2ccc([N+](=O)[O-])cc2)C3=O)cc1. The van der Waals surface area contributed by atoms with Crippen LogP contribution < -0.4 is 4.18 Å². The normalized spacial score (nSPS) is 13.6. The first kappa shape index (κ1) is 22.4. The van der Waals surface area contributed by atoms with Crippen molar-refractivity contribution in [2.24, 2.45) is 0 Å². The molecular weight excluding hydrogens is 470 g/mol. The Morgan fingerprint density at radius 2 is 1.55 bits per heavy atom. The smallest absolute Gasteiger partial charge is 0.339 e. The van der Waals surface area contributed by atoms with Gasteiger partial charge in [0.2, 0.25) is 5.78 Å². The summed E-state index contributed by atoms with van der Waals surface area (Å²) in [4.78, 5) is 36.4. The molecule has 0 saturated carbocycles. The maximum absolute atomic E-state index is 13.2. The minimum atomic E-state index is -4.29. The lowest BCUT2D eigenvalue weighted by molar-refractivity contribution is -0.384. The van der Waals surface area contributed by atoms with Crippen molar-refractivity contribution < 1.29 is 27.1 Å². The number of nitro groups is 1. The summed E-state index contributed by atoms with van der Waals surface area (Å²) in [7, 11) is -4.29. The van der Waals surface area contributed by atoms with Crippen molar-refractivity contribution in [1.29, 1.82) is 0 Å². The first-order valence-corrected chi connectivity index (χ1v) is 11.3. The summed E-state index contributed by atoms with van der Waals surface area (Å²) in [5, 5.41) is 10.4. The molecule has 0 fully saturated rings. The number of nitro benzene ring substituents is 1. The largest absolute Gasteiger partial charge is 0.378 e. The van der Waals surface area contributed by atoms with Gasteiger partial charge in [-0.2, -0.15) is 8.42 Å². The molecule has 10 heteroatoms. The number of fused-ring (bicyclic) bond motifs is 1. The van der Waals surface area contributed by atoms with E-state index in [2.05, 4.69) is 0 Å². The molecule has 0 aromatic heterocycles. The molecule has 166 valence electrons. The predicted molar refractivity (Wildman–Crippen MR) is 120 cm³/mol. The Morgan fingerprint density at radius 1 is 0.909 bits per heavy atom. The number of aryl methyl sites for hydroxylation is 1. The van der Waals surface area contributed by atoms with Crippen LogP contribution in [0.5, 0.6) is 5.75 Å². The Bertz CT molecular complexity index is 1460. The quantitative estimate of drug-likeness (QED) is 0.293. The average molecular weight is 484 g/mol. The van der Waals surface area contributed by atoms with E-state index < -0.39 is 31.6 Å². The fourth-order valence-electron chi connectivity index (χ4n) is 3.36. The molecular formula is C23H14ClNO7S. The molecule has 8 nitrogen and oxygen atoms in total. The molecule has 0 amide bonds. The van der Waals surface area contributed by atoms with Crippen molar-refractivity contribution >= 4 is 44.5 Å². The highest BCUT2D eigenvalue weighted by Gasteiger charge is 2.36. The summed E-state index contributed by atoms with van der Waals surface area (Å²) in [6, 6.07) is 14.9. The highest BCUT2D eigenvalue weighted by atomic mass is 35.5. The lowest BCUT2D eigenvalue weighted by Gasteiger charge is -2.20. The van der Waals surface area contributed by atoms with Crippen LogP contribution in [0.2, 0.25) is 0 Å². The van der Waals surface area contributed by atoms with Crippen LogP contribution in [0.15, 0.2) is 76.7 Å². The van der Waals surface area contributed by atoms with Gasteiger partial charge in [0.25, 0.3) is 5.69 Å². The third-order valence-electron chi connectivity index (χ3n) is 5.02. The minimum absolute atomic E-state index is 0.0886. The predicted octanol–water partition coefficient (Wildman–Crippen LogP) is 4.70. The third kappa shape index (κ3) is 4.04. The number of carbonyl (C=O) groups is 2. The number of allylic oxidation sites excluding steroid dienone is 2. The zero-order valence-corrected chi connectivity index (χ0v) is 18.5. The Morgan fingerprint density at radius 3 is 2.15 bits per heavy atom. The molecule has 0 unspecified atom stereocenters. The van der Waals surface area contributed by atoms with E-state index in [1.807, 2.05) is 0 Å². The minimum Gasteiger partial charge on any atom is -0.378 e. The molecule has 4 rings (SSSR count). The fraction of sp³-hybridized carbons (Fsp3) is 0.0435. The Labute approximate surface area is 193 Å². The molecule has 1 aliphatic carbocycles. The van der Waals surface area contributed by atoms with Crippen molar-refractivity contribution in [2.45, 2.75) is 11.8 Å². The molecule has 1 aliphatic rings. The molecule has 0 spiro atoms. The van der Waals surface area contributed by atoms with Gasteiger partial charge in [-0.15, -0.1) is 0 Å². The number of carbonyl (C=O) groups excluding carboxylic acids is 2. The molecule has 0 atom stereocenters. The first-order valence-electron chi connectivity index (χ1n) is 9.48. The summed E-state index contributed by atoms with van der Waals surface area (Å²) in [5.41, 5.74) is 0.379. The highest BCUT2D eigenvalue weighted by Crippen LogP contribution is 2.39. The summed E-state index contributed by atoms with van der Waals surface area (Å²) >= 11 is 6.24. The van der Waals surface area contributed by atoms with Gasteiger partial charge in [0, 0.05) is 17.7 Å². The van der Waals surface area contributed by atoms with E-state index in [4.69, 9.17) is 15.8 Å². The van der Waals surface area contributed by atoms with Crippen LogP contribution in [-0.4, -0.2) is 24.9 Å². The van der Waals surface area contributed by atoms with Gasteiger partial charge in [-0.05, 0) is 42.8 Å². The fourth-order valence-corrected chi connectivity index (χ4v) is 4.59. The molecule has 3 aromatic rings. The summed E-state index contributed by atoms with van der Waals surface area (Å²) in [6.07, 6.45) is 0. The van der Waals surface area contributed by atoms with E-state index in [1.54, 1.807) is 19.1 Å². The Kier molecular flexibility index (Phi) is 5.61. The van der Waals surface area contributed by atoms with Crippen LogP contribution in [0.25, 0.3) is 5.57 Å². The van der Waals surface area contributed by atoms with Crippen LogP contribution in [0.1, 0.15) is 31.8 Å². The van der Waals surface area contributed by atoms with E-state index in [0.29, 0.717) is 0 Å². The first-order chi connectivity index (χ1) is 15.6. The Balaban J connectivity index is 1.77. The number of Topliss-reactive ketones (excluding diaryl/α,β-unsaturated/α-hetero) is 2. The lowest BCUT2D eigenvalue weighted by atomic mass is 9.85. The van der Waals surface area contributed by atoms with E-state index in [1.165, 1.54) is 54.6 Å². The summed E-state index contributed by atoms with van der Waals surface area (Å²) in [5.74, 6) is -1.76. The van der Waals surface area contributed by atoms with Gasteiger partial charge in [0.1, 0.15) is 9.93 Å². The zero-order valence-electron chi connectivity index (χ0n) is 16.9. The maximum atomic E-state index is 13.2. The second-order valence-corrected chi connectivity index (χ2v) is 9.10. The van der Waals surface area contributed by atoms with Crippen molar-refractivity contribution in [2.75, 3.05) is 0 Å². The van der Waals surface area contributed by atoms with Gasteiger partial charge in [0.15, 0.2) is 11.5 Å². The van der Waals surface area contributed by atoms with Gasteiger partial charge < -0.3 is 4.18 Å². The molecule has 0 heterocycles. The molecule has 3 aromatic carbocycles. The van der Waals surface area contributed by atoms with Gasteiger partial charge in [0.05, 0.1) is 16.1 Å².